The lowest BCUT2D eigenvalue weighted by atomic mass is 10.4. The van der Waals surface area contributed by atoms with Crippen molar-refractivity contribution in [1.82, 2.24) is 0 Å². The number of carbonyl (C=O) groups excluding carboxylic acids is 1. The van der Waals surface area contributed by atoms with Crippen molar-refractivity contribution in [3.8, 4) is 0 Å². The van der Waals surface area contributed by atoms with Crippen molar-refractivity contribution in [3.05, 3.63) is 24.2 Å². The first-order chi connectivity index (χ1) is 3.80. The number of furan rings is 1. The maximum Gasteiger partial charge on any atom is 0.284 e. The summed E-state index contributed by atoms with van der Waals surface area (Å²) in [6, 6.07) is 3.13. The van der Waals surface area contributed by atoms with Crippen LogP contribution in [0.2, 0.25) is 0 Å². The number of hydrogen-bond acceptors (Lipinski definition) is 2. The molecular formula is C5H9Cl2NO3. The smallest absolute Gasteiger partial charge is 0.284 e. The number of amides is 1. The summed E-state index contributed by atoms with van der Waals surface area (Å²) >= 11 is 0. The Bertz CT molecular complexity index is 188. The fourth-order valence-electron chi connectivity index (χ4n) is 0.419. The van der Waals surface area contributed by atoms with Gasteiger partial charge in [-0.15, -0.1) is 24.8 Å². The summed E-state index contributed by atoms with van der Waals surface area (Å²) in [5.74, 6) is -0.333. The van der Waals surface area contributed by atoms with Gasteiger partial charge in [-0.05, 0) is 12.1 Å². The number of carbonyl (C=O) groups is 1. The molecule has 0 aliphatic carbocycles. The lowest BCUT2D eigenvalue weighted by Crippen LogP contribution is -2.08. The van der Waals surface area contributed by atoms with Gasteiger partial charge in [0.25, 0.3) is 5.91 Å². The second-order valence-corrected chi connectivity index (χ2v) is 1.34. The Morgan fingerprint density at radius 1 is 1.45 bits per heavy atom. The monoisotopic (exact) mass is 201 g/mol. The molecule has 1 heterocycles. The Hall–Kier alpha value is -0.710. The lowest BCUT2D eigenvalue weighted by Gasteiger charge is -1.80. The number of primary amides is 1. The van der Waals surface area contributed by atoms with Gasteiger partial charge in [0, 0.05) is 0 Å². The minimum absolute atomic E-state index is 0. The zero-order valence-corrected chi connectivity index (χ0v) is 7.08. The second-order valence-electron chi connectivity index (χ2n) is 1.34. The van der Waals surface area contributed by atoms with Crippen LogP contribution in [0.3, 0.4) is 0 Å². The van der Waals surface area contributed by atoms with Gasteiger partial charge in [0.05, 0.1) is 6.26 Å². The van der Waals surface area contributed by atoms with Crippen LogP contribution in [0.4, 0.5) is 0 Å². The molecule has 0 saturated heterocycles. The summed E-state index contributed by atoms with van der Waals surface area (Å²) in [6.07, 6.45) is 1.40. The third kappa shape index (κ3) is 4.66. The van der Waals surface area contributed by atoms with E-state index in [1.165, 1.54) is 12.3 Å². The summed E-state index contributed by atoms with van der Waals surface area (Å²) < 4.78 is 4.62. The largest absolute Gasteiger partial charge is 0.459 e. The Morgan fingerprint density at radius 2 is 2.00 bits per heavy atom. The molecule has 0 radical (unpaired) electrons. The van der Waals surface area contributed by atoms with Gasteiger partial charge in [-0.3, -0.25) is 4.79 Å². The van der Waals surface area contributed by atoms with E-state index in [9.17, 15) is 4.79 Å². The highest BCUT2D eigenvalue weighted by Gasteiger charge is 1.98. The molecule has 1 aromatic heterocycles. The molecule has 0 bridgehead atoms. The van der Waals surface area contributed by atoms with Crippen molar-refractivity contribution >= 4 is 30.7 Å². The van der Waals surface area contributed by atoms with Gasteiger partial charge in [-0.1, -0.05) is 0 Å². The van der Waals surface area contributed by atoms with E-state index in [1.807, 2.05) is 0 Å². The lowest BCUT2D eigenvalue weighted by molar-refractivity contribution is 0.0974. The SMILES string of the molecule is Cl.Cl.NC(=O)c1ccco1.O. The van der Waals surface area contributed by atoms with Crippen molar-refractivity contribution in [2.75, 3.05) is 0 Å². The van der Waals surface area contributed by atoms with Crippen LogP contribution in [0.25, 0.3) is 0 Å². The summed E-state index contributed by atoms with van der Waals surface area (Å²) in [7, 11) is 0. The molecule has 0 saturated carbocycles. The minimum atomic E-state index is -0.532. The number of nitrogens with two attached hydrogens (primary N) is 1. The van der Waals surface area contributed by atoms with Gasteiger partial charge < -0.3 is 15.6 Å². The molecule has 4 nitrogen and oxygen atoms in total. The molecule has 1 rings (SSSR count). The Morgan fingerprint density at radius 3 is 2.18 bits per heavy atom. The van der Waals surface area contributed by atoms with Crippen molar-refractivity contribution in [2.24, 2.45) is 5.73 Å². The third-order valence-electron chi connectivity index (χ3n) is 0.764. The molecule has 1 amide bonds. The molecule has 4 N–H and O–H groups in total. The van der Waals surface area contributed by atoms with E-state index < -0.39 is 5.91 Å². The molecule has 0 spiro atoms. The predicted octanol–water partition coefficient (Wildman–Crippen LogP) is 0.397. The van der Waals surface area contributed by atoms with Gasteiger partial charge in [-0.2, -0.15) is 0 Å². The van der Waals surface area contributed by atoms with Gasteiger partial charge >= 0.3 is 0 Å². The Labute approximate surface area is 75.9 Å². The fourth-order valence-corrected chi connectivity index (χ4v) is 0.419. The second kappa shape index (κ2) is 7.40. The van der Waals surface area contributed by atoms with Gasteiger partial charge in [0.15, 0.2) is 5.76 Å². The van der Waals surface area contributed by atoms with Crippen LogP contribution in [-0.4, -0.2) is 11.4 Å². The standard InChI is InChI=1S/C5H5NO2.2ClH.H2O/c6-5(7)4-2-1-3-8-4;;;/h1-3H,(H2,6,7);2*1H;1H2. The van der Waals surface area contributed by atoms with Crippen molar-refractivity contribution < 1.29 is 14.7 Å². The van der Waals surface area contributed by atoms with E-state index in [0.717, 1.165) is 0 Å². The average Bonchev–Trinajstić information content (AvgIpc) is 2.12. The van der Waals surface area contributed by atoms with Crippen LogP contribution < -0.4 is 5.73 Å². The van der Waals surface area contributed by atoms with E-state index in [1.54, 1.807) is 6.07 Å². The highest BCUT2D eigenvalue weighted by Crippen LogP contribution is 1.96. The molecule has 0 fully saturated rings. The maximum absolute atomic E-state index is 10.2. The quantitative estimate of drug-likeness (QED) is 0.714. The molecule has 0 unspecified atom stereocenters. The number of rotatable bonds is 1. The maximum atomic E-state index is 10.2. The van der Waals surface area contributed by atoms with E-state index in [2.05, 4.69) is 4.42 Å². The molecule has 0 aliphatic heterocycles. The van der Waals surface area contributed by atoms with E-state index >= 15 is 0 Å². The van der Waals surface area contributed by atoms with E-state index in [-0.39, 0.29) is 36.1 Å². The number of hydrogen-bond donors (Lipinski definition) is 1. The summed E-state index contributed by atoms with van der Waals surface area (Å²) in [6.45, 7) is 0. The fraction of sp³-hybridized carbons (Fsp3) is 0. The normalized spacial score (nSPS) is 6.55. The molecule has 11 heavy (non-hydrogen) atoms. The molecule has 0 aromatic carbocycles. The number of halogens is 2. The van der Waals surface area contributed by atoms with Crippen LogP contribution in [-0.2, 0) is 0 Å². The molecule has 66 valence electrons. The van der Waals surface area contributed by atoms with Crippen LogP contribution in [0, 0.1) is 0 Å². The first kappa shape index (κ1) is 16.7. The topological polar surface area (TPSA) is 87.7 Å². The predicted molar refractivity (Wildman–Crippen MR) is 45.3 cm³/mol. The highest BCUT2D eigenvalue weighted by atomic mass is 35.5. The van der Waals surface area contributed by atoms with Crippen molar-refractivity contribution in [3.63, 3.8) is 0 Å². The zero-order chi connectivity index (χ0) is 5.98. The molecule has 1 aromatic rings. The molecule has 0 aliphatic rings. The Balaban J connectivity index is -0.000000213. The van der Waals surface area contributed by atoms with Crippen LogP contribution in [0.1, 0.15) is 10.6 Å². The zero-order valence-electron chi connectivity index (χ0n) is 5.44. The first-order valence-corrected chi connectivity index (χ1v) is 2.14. The van der Waals surface area contributed by atoms with E-state index in [0.29, 0.717) is 0 Å². The minimum Gasteiger partial charge on any atom is -0.459 e. The molecule has 6 heteroatoms. The van der Waals surface area contributed by atoms with Crippen LogP contribution in [0.15, 0.2) is 22.8 Å². The first-order valence-electron chi connectivity index (χ1n) is 2.14. The van der Waals surface area contributed by atoms with Gasteiger partial charge in [0.2, 0.25) is 0 Å². The van der Waals surface area contributed by atoms with Gasteiger partial charge in [0.1, 0.15) is 0 Å². The molecule has 0 atom stereocenters. The summed E-state index contributed by atoms with van der Waals surface area (Å²) in [4.78, 5) is 10.2. The van der Waals surface area contributed by atoms with Crippen LogP contribution >= 0.6 is 24.8 Å². The summed E-state index contributed by atoms with van der Waals surface area (Å²) in [5.41, 5.74) is 4.83. The molecular weight excluding hydrogens is 193 g/mol. The third-order valence-corrected chi connectivity index (χ3v) is 0.764. The highest BCUT2D eigenvalue weighted by molar-refractivity contribution is 5.89. The van der Waals surface area contributed by atoms with Crippen LogP contribution in [0.5, 0.6) is 0 Å². The van der Waals surface area contributed by atoms with Crippen molar-refractivity contribution in [1.29, 1.82) is 0 Å². The van der Waals surface area contributed by atoms with Gasteiger partial charge in [-0.25, -0.2) is 0 Å². The van der Waals surface area contributed by atoms with Crippen molar-refractivity contribution in [2.45, 2.75) is 0 Å². The Kier molecular flexibility index (Phi) is 11.2. The summed E-state index contributed by atoms with van der Waals surface area (Å²) in [5, 5.41) is 0. The average molecular weight is 202 g/mol. The van der Waals surface area contributed by atoms with E-state index in [4.69, 9.17) is 5.73 Å².